The van der Waals surface area contributed by atoms with Gasteiger partial charge < -0.3 is 14.2 Å². The highest BCUT2D eigenvalue weighted by atomic mass is 16.6. The third kappa shape index (κ3) is 54.4. The summed E-state index contributed by atoms with van der Waals surface area (Å²) in [6, 6.07) is 0. The van der Waals surface area contributed by atoms with Gasteiger partial charge in [0.15, 0.2) is 6.10 Å². The maximum atomic E-state index is 12.7. The van der Waals surface area contributed by atoms with Crippen LogP contribution in [0.5, 0.6) is 0 Å². The third-order valence-corrected chi connectivity index (χ3v) is 11.2. The number of hydrogen-bond donors (Lipinski definition) is 0. The van der Waals surface area contributed by atoms with Gasteiger partial charge in [-0.25, -0.2) is 0 Å². The molecule has 0 aliphatic heterocycles. The first-order chi connectivity index (χ1) is 34.0. The summed E-state index contributed by atoms with van der Waals surface area (Å²) in [5, 5.41) is 0. The van der Waals surface area contributed by atoms with Crippen molar-refractivity contribution in [2.75, 3.05) is 13.2 Å². The van der Waals surface area contributed by atoms with E-state index < -0.39 is 6.10 Å². The minimum Gasteiger partial charge on any atom is -0.462 e. The molecule has 0 bridgehead atoms. The molecule has 1 unspecified atom stereocenters. The van der Waals surface area contributed by atoms with Gasteiger partial charge in [0.05, 0.1) is 0 Å². The number of allylic oxidation sites excluding steroid dienone is 22. The summed E-state index contributed by atoms with van der Waals surface area (Å²) in [4.78, 5) is 37.7. The van der Waals surface area contributed by atoms with Crippen LogP contribution in [0.15, 0.2) is 134 Å². The minimum atomic E-state index is -0.793. The van der Waals surface area contributed by atoms with Gasteiger partial charge in [-0.05, 0) is 116 Å². The van der Waals surface area contributed by atoms with E-state index in [4.69, 9.17) is 14.2 Å². The number of hydrogen-bond acceptors (Lipinski definition) is 6. The number of ether oxygens (including phenoxy) is 3. The number of unbranched alkanes of at least 4 members (excludes halogenated alkanes) is 15. The smallest absolute Gasteiger partial charge is 0.306 e. The Morgan fingerprint density at radius 1 is 0.304 bits per heavy atom. The molecular weight excluding hydrogens is 853 g/mol. The highest BCUT2D eigenvalue weighted by molar-refractivity contribution is 5.71. The van der Waals surface area contributed by atoms with E-state index in [-0.39, 0.29) is 31.1 Å². The lowest BCUT2D eigenvalue weighted by molar-refractivity contribution is -0.167. The molecule has 0 aromatic rings. The van der Waals surface area contributed by atoms with E-state index in [9.17, 15) is 14.4 Å². The van der Waals surface area contributed by atoms with Crippen LogP contribution in [0.3, 0.4) is 0 Å². The number of carbonyl (C=O) groups excluding carboxylic acids is 3. The Balaban J connectivity index is 4.15. The van der Waals surface area contributed by atoms with Gasteiger partial charge in [-0.1, -0.05) is 225 Å². The normalized spacial score (nSPS) is 13.1. The van der Waals surface area contributed by atoms with Crippen LogP contribution >= 0.6 is 0 Å². The zero-order valence-electron chi connectivity index (χ0n) is 44.3. The van der Waals surface area contributed by atoms with E-state index in [0.717, 1.165) is 173 Å². The third-order valence-electron chi connectivity index (χ3n) is 11.2. The zero-order chi connectivity index (χ0) is 50.0. The molecular formula is C63H100O6. The largest absolute Gasteiger partial charge is 0.462 e. The van der Waals surface area contributed by atoms with Crippen molar-refractivity contribution in [3.63, 3.8) is 0 Å². The van der Waals surface area contributed by atoms with E-state index in [2.05, 4.69) is 154 Å². The maximum absolute atomic E-state index is 12.7. The molecule has 6 nitrogen and oxygen atoms in total. The summed E-state index contributed by atoms with van der Waals surface area (Å²) in [6.45, 7) is 6.28. The van der Waals surface area contributed by atoms with Gasteiger partial charge in [0.2, 0.25) is 0 Å². The average molecular weight is 953 g/mol. The summed E-state index contributed by atoms with van der Waals surface area (Å²) in [5.41, 5.74) is 0. The Morgan fingerprint density at radius 3 is 0.884 bits per heavy atom. The van der Waals surface area contributed by atoms with Crippen LogP contribution in [0.2, 0.25) is 0 Å². The van der Waals surface area contributed by atoms with Gasteiger partial charge in [0, 0.05) is 19.3 Å². The Bertz CT molecular complexity index is 1510. The second-order valence-corrected chi connectivity index (χ2v) is 17.7. The molecule has 0 saturated heterocycles. The minimum absolute atomic E-state index is 0.0943. The lowest BCUT2D eigenvalue weighted by Crippen LogP contribution is -2.30. The summed E-state index contributed by atoms with van der Waals surface area (Å²) in [7, 11) is 0. The predicted octanol–water partition coefficient (Wildman–Crippen LogP) is 18.6. The molecule has 0 amide bonds. The van der Waals surface area contributed by atoms with Crippen molar-refractivity contribution in [2.45, 2.75) is 232 Å². The van der Waals surface area contributed by atoms with Gasteiger partial charge >= 0.3 is 17.9 Å². The van der Waals surface area contributed by atoms with Gasteiger partial charge in [0.25, 0.3) is 0 Å². The van der Waals surface area contributed by atoms with Crippen molar-refractivity contribution in [3.8, 4) is 0 Å². The fourth-order valence-electron chi connectivity index (χ4n) is 7.06. The van der Waals surface area contributed by atoms with Crippen LogP contribution in [0.25, 0.3) is 0 Å². The van der Waals surface area contributed by atoms with Gasteiger partial charge in [-0.2, -0.15) is 0 Å². The molecule has 388 valence electrons. The van der Waals surface area contributed by atoms with Crippen LogP contribution in [-0.4, -0.2) is 37.2 Å². The molecule has 0 N–H and O–H groups in total. The lowest BCUT2D eigenvalue weighted by atomic mass is 10.1. The first-order valence-corrected chi connectivity index (χ1v) is 27.7. The second-order valence-electron chi connectivity index (χ2n) is 17.7. The molecule has 6 heteroatoms. The molecule has 0 aromatic carbocycles. The van der Waals surface area contributed by atoms with Gasteiger partial charge in [-0.15, -0.1) is 0 Å². The van der Waals surface area contributed by atoms with Gasteiger partial charge in [0.1, 0.15) is 13.2 Å². The standard InChI is InChI=1S/C63H100O6/c1-4-7-10-13-15-17-19-21-23-24-25-26-27-28-29-30-31-32-33-34-35-36-37-38-40-41-43-45-47-50-53-56-62(65)68-59-60(58-67-61(64)55-52-49-12-9-6-3)69-63(66)57-54-51-48-46-44-42-39-22-20-18-16-14-11-8-5-2/h7-8,10-11,15-18,21-23,25-26,28-29,31-32,34-35,37-39,60H,4-6,9,12-14,19-20,24,27,30,33,36,40-59H2,1-3H3/b10-7-,11-8-,17-15-,18-16-,23-21-,26-25-,29-28-,32-31-,35-34-,38-37-,39-22-. The fraction of sp³-hybridized carbons (Fsp3) is 0.603. The Kier molecular flexibility index (Phi) is 52.5. The molecule has 0 aromatic heterocycles. The molecule has 0 spiro atoms. The van der Waals surface area contributed by atoms with Crippen LogP contribution in [0.4, 0.5) is 0 Å². The lowest BCUT2D eigenvalue weighted by Gasteiger charge is -2.18. The maximum Gasteiger partial charge on any atom is 0.306 e. The van der Waals surface area contributed by atoms with E-state index in [1.165, 1.54) is 12.8 Å². The SMILES string of the molecule is CC/C=C\C/C=C\C/C=C\C/C=C\C/C=C\C/C=C\C/C=C\C/C=C\CCCCCCCCC(=O)OCC(COC(=O)CCCCCCC)OC(=O)CCCCCCC/C=C\C/C=C\C/C=C\CC. The first-order valence-electron chi connectivity index (χ1n) is 27.7. The highest BCUT2D eigenvalue weighted by Gasteiger charge is 2.19. The van der Waals surface area contributed by atoms with Crippen LogP contribution in [0, 0.1) is 0 Å². The molecule has 0 rings (SSSR count). The Morgan fingerprint density at radius 2 is 0.565 bits per heavy atom. The molecule has 0 saturated carbocycles. The van der Waals surface area contributed by atoms with Crippen molar-refractivity contribution >= 4 is 17.9 Å². The monoisotopic (exact) mass is 953 g/mol. The topological polar surface area (TPSA) is 78.9 Å². The summed E-state index contributed by atoms with van der Waals surface area (Å²) < 4.78 is 16.7. The van der Waals surface area contributed by atoms with Crippen LogP contribution in [0.1, 0.15) is 226 Å². The first kappa shape index (κ1) is 64.5. The highest BCUT2D eigenvalue weighted by Crippen LogP contribution is 2.13. The Labute approximate surface area is 424 Å². The summed E-state index contributed by atoms with van der Waals surface area (Å²) in [6.07, 6.45) is 79.1. The predicted molar refractivity (Wildman–Crippen MR) is 297 cm³/mol. The van der Waals surface area contributed by atoms with Crippen molar-refractivity contribution in [1.82, 2.24) is 0 Å². The van der Waals surface area contributed by atoms with Crippen LogP contribution < -0.4 is 0 Å². The summed E-state index contributed by atoms with van der Waals surface area (Å²) in [5.74, 6) is -0.949. The van der Waals surface area contributed by atoms with E-state index in [1.807, 2.05) is 0 Å². The quantitative estimate of drug-likeness (QED) is 0.0262. The van der Waals surface area contributed by atoms with Crippen molar-refractivity contribution in [3.05, 3.63) is 134 Å². The van der Waals surface area contributed by atoms with Crippen molar-refractivity contribution in [1.29, 1.82) is 0 Å². The average Bonchev–Trinajstić information content (AvgIpc) is 3.35. The molecule has 69 heavy (non-hydrogen) atoms. The van der Waals surface area contributed by atoms with E-state index in [1.54, 1.807) is 0 Å². The zero-order valence-corrected chi connectivity index (χ0v) is 44.3. The van der Waals surface area contributed by atoms with Crippen LogP contribution in [-0.2, 0) is 28.6 Å². The van der Waals surface area contributed by atoms with Crippen molar-refractivity contribution in [2.24, 2.45) is 0 Å². The Hall–Kier alpha value is -4.45. The number of rotatable bonds is 48. The van der Waals surface area contributed by atoms with E-state index >= 15 is 0 Å². The summed E-state index contributed by atoms with van der Waals surface area (Å²) >= 11 is 0. The molecule has 0 heterocycles. The second kappa shape index (κ2) is 56.1. The van der Waals surface area contributed by atoms with Crippen molar-refractivity contribution < 1.29 is 28.6 Å². The molecule has 0 aliphatic rings. The number of carbonyl (C=O) groups is 3. The molecule has 1 atom stereocenters. The van der Waals surface area contributed by atoms with E-state index in [0.29, 0.717) is 19.3 Å². The molecule has 0 aliphatic carbocycles. The number of esters is 3. The van der Waals surface area contributed by atoms with Gasteiger partial charge in [-0.3, -0.25) is 14.4 Å². The molecule has 0 radical (unpaired) electrons. The molecule has 0 fully saturated rings. The fourth-order valence-corrected chi connectivity index (χ4v) is 7.06.